The molecule has 0 bridgehead atoms. The lowest BCUT2D eigenvalue weighted by atomic mass is 10.1. The largest absolute Gasteiger partial charge is 0.457 e. The summed E-state index contributed by atoms with van der Waals surface area (Å²) in [6.45, 7) is 10.4. The van der Waals surface area contributed by atoms with Gasteiger partial charge in [-0.2, -0.15) is 0 Å². The number of nitrogens with one attached hydrogen (secondary N) is 1. The number of hydrogen-bond donors (Lipinski definition) is 1. The van der Waals surface area contributed by atoms with Crippen molar-refractivity contribution >= 4 is 17.8 Å². The molecular weight excluding hydrogens is 376 g/mol. The van der Waals surface area contributed by atoms with Crippen LogP contribution in [-0.4, -0.2) is 53.9 Å². The molecule has 8 heteroatoms. The number of esters is 1. The van der Waals surface area contributed by atoms with E-state index in [1.165, 1.54) is 0 Å². The summed E-state index contributed by atoms with van der Waals surface area (Å²) in [5, 5.41) is 2.48. The van der Waals surface area contributed by atoms with Crippen molar-refractivity contribution in [3.63, 3.8) is 0 Å². The molecule has 1 aromatic heterocycles. The van der Waals surface area contributed by atoms with E-state index in [-0.39, 0.29) is 31.5 Å². The van der Waals surface area contributed by atoms with Gasteiger partial charge in [-0.05, 0) is 53.5 Å². The van der Waals surface area contributed by atoms with Crippen molar-refractivity contribution in [1.29, 1.82) is 0 Å². The van der Waals surface area contributed by atoms with E-state index in [4.69, 9.17) is 14.2 Å². The van der Waals surface area contributed by atoms with E-state index >= 15 is 0 Å². The SMILES string of the molecule is Cc1cc(C(=O)COC(=O)CCNC(=O)OC(C)(C)C)c(C)n1C[C@H]1CCCO1. The summed E-state index contributed by atoms with van der Waals surface area (Å²) >= 11 is 0. The zero-order chi connectivity index (χ0) is 21.6. The van der Waals surface area contributed by atoms with Crippen molar-refractivity contribution in [2.45, 2.75) is 72.1 Å². The molecular formula is C21H32N2O6. The molecule has 162 valence electrons. The van der Waals surface area contributed by atoms with Gasteiger partial charge >= 0.3 is 12.1 Å². The molecule has 1 aromatic rings. The standard InChI is InChI=1S/C21H32N2O6/c1-14-11-17(15(2)23(14)12-16-7-6-10-27-16)18(24)13-28-19(25)8-9-22-20(26)29-21(3,4)5/h11,16H,6-10,12-13H2,1-5H3,(H,22,26)/t16-/m1/s1. The van der Waals surface area contributed by atoms with Crippen molar-refractivity contribution in [2.75, 3.05) is 19.8 Å². The monoisotopic (exact) mass is 408 g/mol. The van der Waals surface area contributed by atoms with E-state index in [2.05, 4.69) is 9.88 Å². The van der Waals surface area contributed by atoms with Gasteiger partial charge in [-0.1, -0.05) is 0 Å². The summed E-state index contributed by atoms with van der Waals surface area (Å²) in [6, 6.07) is 1.82. The fraction of sp³-hybridized carbons (Fsp3) is 0.667. The number of hydrogen-bond acceptors (Lipinski definition) is 6. The van der Waals surface area contributed by atoms with Crippen molar-refractivity contribution in [2.24, 2.45) is 0 Å². The van der Waals surface area contributed by atoms with Gasteiger partial charge in [0.2, 0.25) is 5.78 Å². The Morgan fingerprint density at radius 2 is 2.00 bits per heavy atom. The van der Waals surface area contributed by atoms with Crippen LogP contribution < -0.4 is 5.32 Å². The topological polar surface area (TPSA) is 95.9 Å². The maximum atomic E-state index is 12.5. The van der Waals surface area contributed by atoms with Gasteiger partial charge in [0, 0.05) is 36.6 Å². The minimum Gasteiger partial charge on any atom is -0.457 e. The molecule has 1 N–H and O–H groups in total. The van der Waals surface area contributed by atoms with E-state index < -0.39 is 17.7 Å². The molecule has 8 nitrogen and oxygen atoms in total. The number of alkyl carbamates (subject to hydrolysis) is 1. The van der Waals surface area contributed by atoms with Crippen LogP contribution in [0.3, 0.4) is 0 Å². The van der Waals surface area contributed by atoms with Crippen molar-refractivity contribution in [1.82, 2.24) is 9.88 Å². The van der Waals surface area contributed by atoms with Gasteiger partial charge in [-0.25, -0.2) is 4.79 Å². The number of ketones is 1. The van der Waals surface area contributed by atoms with Crippen LogP contribution in [0.5, 0.6) is 0 Å². The molecule has 29 heavy (non-hydrogen) atoms. The van der Waals surface area contributed by atoms with Gasteiger partial charge in [-0.15, -0.1) is 0 Å². The maximum Gasteiger partial charge on any atom is 0.407 e. The Kier molecular flexibility index (Phi) is 7.84. The van der Waals surface area contributed by atoms with E-state index in [1.807, 2.05) is 19.9 Å². The molecule has 0 spiro atoms. The number of amides is 1. The number of aromatic nitrogens is 1. The quantitative estimate of drug-likeness (QED) is 0.525. The fourth-order valence-corrected chi connectivity index (χ4v) is 3.23. The molecule has 0 aromatic carbocycles. The highest BCUT2D eigenvalue weighted by Crippen LogP contribution is 2.20. The Morgan fingerprint density at radius 1 is 1.28 bits per heavy atom. The average Bonchev–Trinajstić information content (AvgIpc) is 3.22. The Labute approximate surface area is 171 Å². The molecule has 1 aliphatic rings. The average molecular weight is 408 g/mol. The molecule has 1 fully saturated rings. The Morgan fingerprint density at radius 3 is 2.62 bits per heavy atom. The van der Waals surface area contributed by atoms with Crippen LogP contribution in [0.4, 0.5) is 4.79 Å². The van der Waals surface area contributed by atoms with Gasteiger partial charge in [0.1, 0.15) is 5.60 Å². The summed E-state index contributed by atoms with van der Waals surface area (Å²) in [5.41, 5.74) is 1.79. The van der Waals surface area contributed by atoms with E-state index in [0.29, 0.717) is 5.56 Å². The third kappa shape index (κ3) is 7.20. The number of rotatable bonds is 8. The number of Topliss-reactive ketones (excluding diaryl/α,β-unsaturated/α-hetero) is 1. The number of aryl methyl sites for hydroxylation is 1. The predicted octanol–water partition coefficient (Wildman–Crippen LogP) is 2.92. The number of ether oxygens (including phenoxy) is 3. The molecule has 1 aliphatic heterocycles. The first-order valence-electron chi connectivity index (χ1n) is 10.0. The maximum absolute atomic E-state index is 12.5. The van der Waals surface area contributed by atoms with E-state index in [1.54, 1.807) is 20.8 Å². The second kappa shape index (κ2) is 9.91. The lowest BCUT2D eigenvalue weighted by Gasteiger charge is -2.19. The Hall–Kier alpha value is -2.35. The first-order valence-corrected chi connectivity index (χ1v) is 10.0. The van der Waals surface area contributed by atoms with Gasteiger partial charge in [0.05, 0.1) is 12.5 Å². The summed E-state index contributed by atoms with van der Waals surface area (Å²) in [6.07, 6.45) is 1.63. The van der Waals surface area contributed by atoms with Crippen LogP contribution in [0, 0.1) is 13.8 Å². The molecule has 2 rings (SSSR count). The van der Waals surface area contributed by atoms with Gasteiger partial charge in [0.15, 0.2) is 6.61 Å². The van der Waals surface area contributed by atoms with Crippen LogP contribution in [0.2, 0.25) is 0 Å². The third-order valence-corrected chi connectivity index (χ3v) is 4.65. The second-order valence-corrected chi connectivity index (χ2v) is 8.29. The third-order valence-electron chi connectivity index (χ3n) is 4.65. The van der Waals surface area contributed by atoms with Gasteiger partial charge in [-0.3, -0.25) is 9.59 Å². The van der Waals surface area contributed by atoms with Crippen molar-refractivity contribution < 1.29 is 28.6 Å². The molecule has 1 saturated heterocycles. The summed E-state index contributed by atoms with van der Waals surface area (Å²) in [7, 11) is 0. The lowest BCUT2D eigenvalue weighted by molar-refractivity contribution is -0.142. The van der Waals surface area contributed by atoms with Crippen molar-refractivity contribution in [3.8, 4) is 0 Å². The van der Waals surface area contributed by atoms with Gasteiger partial charge in [0.25, 0.3) is 0 Å². The second-order valence-electron chi connectivity index (χ2n) is 8.29. The van der Waals surface area contributed by atoms with Gasteiger partial charge < -0.3 is 24.1 Å². The van der Waals surface area contributed by atoms with Crippen LogP contribution in [-0.2, 0) is 25.5 Å². The fourth-order valence-electron chi connectivity index (χ4n) is 3.23. The number of carbonyl (C=O) groups is 3. The minimum atomic E-state index is -0.604. The minimum absolute atomic E-state index is 0.0371. The molecule has 0 unspecified atom stereocenters. The molecule has 0 aliphatic carbocycles. The molecule has 1 amide bonds. The molecule has 1 atom stereocenters. The number of nitrogens with zero attached hydrogens (tertiary/aromatic N) is 1. The summed E-state index contributed by atoms with van der Waals surface area (Å²) in [5.74, 6) is -0.798. The Bertz CT molecular complexity index is 741. The van der Waals surface area contributed by atoms with Crippen molar-refractivity contribution in [3.05, 3.63) is 23.0 Å². The first kappa shape index (κ1) is 22.9. The van der Waals surface area contributed by atoms with Crippen LogP contribution in [0.1, 0.15) is 61.8 Å². The van der Waals surface area contributed by atoms with E-state index in [0.717, 1.165) is 37.4 Å². The number of carbonyl (C=O) groups excluding carboxylic acids is 3. The highest BCUT2D eigenvalue weighted by atomic mass is 16.6. The van der Waals surface area contributed by atoms with Crippen LogP contribution in [0.25, 0.3) is 0 Å². The van der Waals surface area contributed by atoms with Crippen LogP contribution >= 0.6 is 0 Å². The zero-order valence-corrected chi connectivity index (χ0v) is 18.0. The summed E-state index contributed by atoms with van der Waals surface area (Å²) < 4.78 is 17.9. The van der Waals surface area contributed by atoms with E-state index in [9.17, 15) is 14.4 Å². The summed E-state index contributed by atoms with van der Waals surface area (Å²) in [4.78, 5) is 35.9. The lowest BCUT2D eigenvalue weighted by Crippen LogP contribution is -2.33. The predicted molar refractivity (Wildman–Crippen MR) is 107 cm³/mol. The highest BCUT2D eigenvalue weighted by Gasteiger charge is 2.22. The molecule has 2 heterocycles. The first-order chi connectivity index (χ1) is 13.6. The molecule has 0 radical (unpaired) electrons. The normalized spacial score (nSPS) is 16.5. The highest BCUT2D eigenvalue weighted by molar-refractivity contribution is 5.99. The smallest absolute Gasteiger partial charge is 0.407 e. The zero-order valence-electron chi connectivity index (χ0n) is 18.0. The Balaban J connectivity index is 1.78. The van der Waals surface area contributed by atoms with Crippen LogP contribution in [0.15, 0.2) is 6.07 Å². The molecule has 0 saturated carbocycles.